The van der Waals surface area contributed by atoms with Crippen LogP contribution in [0.3, 0.4) is 0 Å². The number of benzene rings is 1. The smallest absolute Gasteiger partial charge is 0.444 e. The molecule has 1 amide bonds. The highest BCUT2D eigenvalue weighted by molar-refractivity contribution is 6.62. The molecule has 0 radical (unpaired) electrons. The van der Waals surface area contributed by atoms with Gasteiger partial charge in [-0.05, 0) is 79.4 Å². The summed E-state index contributed by atoms with van der Waals surface area (Å²) in [6.07, 6.45) is 0.407. The van der Waals surface area contributed by atoms with E-state index in [4.69, 9.17) is 14.0 Å². The first-order valence-electron chi connectivity index (χ1n) is 9.98. The van der Waals surface area contributed by atoms with E-state index in [-0.39, 0.29) is 24.4 Å². The van der Waals surface area contributed by atoms with Crippen molar-refractivity contribution in [1.82, 2.24) is 5.32 Å². The number of nitrogens with one attached hydrogen (secondary N) is 2. The molecule has 0 saturated carbocycles. The quantitative estimate of drug-likeness (QED) is 0.574. The van der Waals surface area contributed by atoms with E-state index in [1.54, 1.807) is 0 Å². The molecule has 0 bridgehead atoms. The molecule has 7 heteroatoms. The number of ether oxygens (including phenoxy) is 1. The van der Waals surface area contributed by atoms with Crippen LogP contribution in [0.5, 0.6) is 0 Å². The number of carbonyl (C=O) groups excluding carboxylic acids is 1. The van der Waals surface area contributed by atoms with E-state index in [0.29, 0.717) is 6.54 Å². The zero-order valence-corrected chi connectivity index (χ0v) is 18.6. The number of anilines is 1. The molecule has 28 heavy (non-hydrogen) atoms. The zero-order valence-electron chi connectivity index (χ0n) is 18.6. The van der Waals surface area contributed by atoms with Crippen LogP contribution in [-0.2, 0) is 14.0 Å². The van der Waals surface area contributed by atoms with E-state index in [2.05, 4.69) is 57.4 Å². The van der Waals surface area contributed by atoms with Gasteiger partial charge >= 0.3 is 13.2 Å². The van der Waals surface area contributed by atoms with Crippen LogP contribution in [0.25, 0.3) is 0 Å². The monoisotopic (exact) mass is 390 g/mol. The van der Waals surface area contributed by atoms with Gasteiger partial charge in [-0.15, -0.1) is 0 Å². The average Bonchev–Trinajstić information content (AvgIpc) is 2.74. The van der Waals surface area contributed by atoms with Gasteiger partial charge in [0, 0.05) is 18.8 Å². The van der Waals surface area contributed by atoms with E-state index >= 15 is 0 Å². The van der Waals surface area contributed by atoms with E-state index in [1.165, 1.54) is 0 Å². The van der Waals surface area contributed by atoms with E-state index < -0.39 is 5.60 Å². The Kier molecular flexibility index (Phi) is 6.72. The number of aryl methyl sites for hydroxylation is 1. The van der Waals surface area contributed by atoms with Crippen LogP contribution in [-0.4, -0.2) is 43.1 Å². The fourth-order valence-corrected chi connectivity index (χ4v) is 2.80. The van der Waals surface area contributed by atoms with E-state index in [0.717, 1.165) is 29.7 Å². The third-order valence-corrected chi connectivity index (χ3v) is 5.14. The van der Waals surface area contributed by atoms with E-state index in [9.17, 15) is 4.79 Å². The second kappa shape index (κ2) is 8.33. The zero-order chi connectivity index (χ0) is 21.2. The van der Waals surface area contributed by atoms with Crippen LogP contribution in [0.4, 0.5) is 10.5 Å². The normalized spacial score (nSPS) is 18.1. The molecule has 1 fully saturated rings. The predicted molar refractivity (Wildman–Crippen MR) is 114 cm³/mol. The Hall–Kier alpha value is -1.73. The highest BCUT2D eigenvalue weighted by Crippen LogP contribution is 2.36. The van der Waals surface area contributed by atoms with Crippen molar-refractivity contribution < 1.29 is 18.8 Å². The van der Waals surface area contributed by atoms with Gasteiger partial charge in [0.15, 0.2) is 0 Å². The van der Waals surface area contributed by atoms with Crippen molar-refractivity contribution in [2.45, 2.75) is 78.6 Å². The summed E-state index contributed by atoms with van der Waals surface area (Å²) in [7, 11) is -0.374. The third kappa shape index (κ3) is 5.88. The lowest BCUT2D eigenvalue weighted by atomic mass is 9.76. The number of rotatable bonds is 6. The molecular formula is C21H35BN2O4. The second-order valence-corrected chi connectivity index (χ2v) is 9.37. The highest BCUT2D eigenvalue weighted by atomic mass is 16.7. The maximum Gasteiger partial charge on any atom is 0.495 e. The molecule has 0 atom stereocenters. The maximum atomic E-state index is 11.6. The SMILES string of the molecule is Cc1ccc(NCCCNC(=O)OC(C)(C)C)cc1B1OC(C)(C)C(C)(C)O1. The molecule has 1 aromatic rings. The van der Waals surface area contributed by atoms with Gasteiger partial charge in [-0.3, -0.25) is 0 Å². The Morgan fingerprint density at radius 3 is 2.29 bits per heavy atom. The molecule has 1 aliphatic rings. The lowest BCUT2D eigenvalue weighted by molar-refractivity contribution is 0.00578. The van der Waals surface area contributed by atoms with Gasteiger partial charge in [-0.1, -0.05) is 11.6 Å². The minimum Gasteiger partial charge on any atom is -0.444 e. The van der Waals surface area contributed by atoms with Crippen molar-refractivity contribution in [3.63, 3.8) is 0 Å². The molecule has 0 spiro atoms. The molecule has 1 heterocycles. The van der Waals surface area contributed by atoms with Crippen molar-refractivity contribution in [2.75, 3.05) is 18.4 Å². The fourth-order valence-electron chi connectivity index (χ4n) is 2.80. The van der Waals surface area contributed by atoms with Gasteiger partial charge in [0.2, 0.25) is 0 Å². The fraction of sp³-hybridized carbons (Fsp3) is 0.667. The van der Waals surface area contributed by atoms with Crippen LogP contribution in [0.1, 0.15) is 60.5 Å². The molecule has 1 saturated heterocycles. The lowest BCUT2D eigenvalue weighted by Crippen LogP contribution is -2.41. The van der Waals surface area contributed by atoms with Crippen LogP contribution in [0.15, 0.2) is 18.2 Å². The number of hydrogen-bond acceptors (Lipinski definition) is 5. The van der Waals surface area contributed by atoms with Gasteiger partial charge in [0.1, 0.15) is 5.60 Å². The lowest BCUT2D eigenvalue weighted by Gasteiger charge is -2.32. The number of hydrogen-bond donors (Lipinski definition) is 2. The first-order valence-corrected chi connectivity index (χ1v) is 9.98. The summed E-state index contributed by atoms with van der Waals surface area (Å²) in [6.45, 7) is 17.1. The molecule has 0 unspecified atom stereocenters. The topological polar surface area (TPSA) is 68.8 Å². The molecule has 6 nitrogen and oxygen atoms in total. The minimum atomic E-state index is -0.478. The summed E-state index contributed by atoms with van der Waals surface area (Å²) in [5.41, 5.74) is 1.98. The molecule has 0 aliphatic carbocycles. The minimum absolute atomic E-state index is 0.360. The Balaban J connectivity index is 1.86. The Bertz CT molecular complexity index is 682. The van der Waals surface area contributed by atoms with Crippen LogP contribution >= 0.6 is 0 Å². The first-order chi connectivity index (χ1) is 12.8. The van der Waals surface area contributed by atoms with Crippen molar-refractivity contribution in [2.24, 2.45) is 0 Å². The molecular weight excluding hydrogens is 355 g/mol. The third-order valence-electron chi connectivity index (χ3n) is 5.14. The van der Waals surface area contributed by atoms with Gasteiger partial charge < -0.3 is 24.7 Å². The summed E-state index contributed by atoms with van der Waals surface area (Å²) in [4.78, 5) is 11.6. The summed E-state index contributed by atoms with van der Waals surface area (Å²) in [5, 5.41) is 6.16. The molecule has 0 aromatic heterocycles. The van der Waals surface area contributed by atoms with Crippen molar-refractivity contribution in [3.8, 4) is 0 Å². The molecule has 1 aliphatic heterocycles. The van der Waals surface area contributed by atoms with Crippen LogP contribution < -0.4 is 16.1 Å². The van der Waals surface area contributed by atoms with Gasteiger partial charge in [-0.25, -0.2) is 4.79 Å². The molecule has 156 valence electrons. The van der Waals surface area contributed by atoms with Crippen molar-refractivity contribution >= 4 is 24.4 Å². The summed E-state index contributed by atoms with van der Waals surface area (Å²) < 4.78 is 17.6. The standard InChI is InChI=1S/C21H35BN2O4/c1-15-10-11-16(23-12-9-13-24-18(25)26-19(2,3)4)14-17(15)22-27-20(5,6)21(7,8)28-22/h10-11,14,23H,9,12-13H2,1-8H3,(H,24,25). The van der Waals surface area contributed by atoms with Gasteiger partial charge in [-0.2, -0.15) is 0 Å². The van der Waals surface area contributed by atoms with Crippen LogP contribution in [0.2, 0.25) is 0 Å². The number of amides is 1. The highest BCUT2D eigenvalue weighted by Gasteiger charge is 2.52. The maximum absolute atomic E-state index is 11.6. The molecule has 2 N–H and O–H groups in total. The molecule has 2 rings (SSSR count). The molecule has 1 aromatic carbocycles. The van der Waals surface area contributed by atoms with E-state index in [1.807, 2.05) is 26.8 Å². The van der Waals surface area contributed by atoms with Gasteiger partial charge in [0.05, 0.1) is 11.2 Å². The Morgan fingerprint density at radius 2 is 1.71 bits per heavy atom. The average molecular weight is 390 g/mol. The predicted octanol–water partition coefficient (Wildman–Crippen LogP) is 3.62. The Labute approximate surface area is 169 Å². The summed E-state index contributed by atoms with van der Waals surface area (Å²) >= 11 is 0. The Morgan fingerprint density at radius 1 is 1.11 bits per heavy atom. The summed E-state index contributed by atoms with van der Waals surface area (Å²) in [5.74, 6) is 0. The van der Waals surface area contributed by atoms with Gasteiger partial charge in [0.25, 0.3) is 0 Å². The second-order valence-electron chi connectivity index (χ2n) is 9.37. The van der Waals surface area contributed by atoms with Crippen molar-refractivity contribution in [3.05, 3.63) is 23.8 Å². The first kappa shape index (κ1) is 22.6. The summed E-state index contributed by atoms with van der Waals surface area (Å²) in [6, 6.07) is 6.20. The number of alkyl carbamates (subject to hydrolysis) is 1. The van der Waals surface area contributed by atoms with Crippen molar-refractivity contribution in [1.29, 1.82) is 0 Å². The number of carbonyl (C=O) groups is 1. The largest absolute Gasteiger partial charge is 0.495 e. The van der Waals surface area contributed by atoms with Crippen LogP contribution in [0, 0.1) is 6.92 Å².